The third kappa shape index (κ3) is 6.16. The van der Waals surface area contributed by atoms with E-state index in [4.69, 9.17) is 21.1 Å². The average molecular weight is 384 g/mol. The van der Waals surface area contributed by atoms with Gasteiger partial charge in [0.2, 0.25) is 5.91 Å². The van der Waals surface area contributed by atoms with Crippen LogP contribution in [0.3, 0.4) is 0 Å². The Morgan fingerprint density at radius 3 is 2.77 bits per heavy atom. The highest BCUT2D eigenvalue weighted by molar-refractivity contribution is 6.32. The van der Waals surface area contributed by atoms with E-state index in [9.17, 15) is 9.59 Å². The smallest absolute Gasteiger partial charge is 0.260 e. The minimum atomic E-state index is -0.116. The number of hydrogen-bond donors (Lipinski definition) is 2. The van der Waals surface area contributed by atoms with Crippen LogP contribution in [0.4, 0.5) is 5.69 Å². The molecule has 1 aliphatic rings. The topological polar surface area (TPSA) is 79.9 Å². The lowest BCUT2D eigenvalue weighted by Gasteiger charge is -2.23. The van der Waals surface area contributed by atoms with E-state index < -0.39 is 0 Å². The molecule has 0 spiro atoms. The summed E-state index contributed by atoms with van der Waals surface area (Å²) in [5, 5.41) is 6.39. The third-order valence-corrected chi connectivity index (χ3v) is 4.41. The minimum Gasteiger partial charge on any atom is -0.482 e. The van der Waals surface area contributed by atoms with E-state index in [1.807, 2.05) is 13.8 Å². The van der Waals surface area contributed by atoms with Gasteiger partial charge in [-0.05, 0) is 32.0 Å². The summed E-state index contributed by atoms with van der Waals surface area (Å²) in [6.45, 7) is 6.99. The molecule has 1 aliphatic heterocycles. The van der Waals surface area contributed by atoms with Crippen LogP contribution in [-0.4, -0.2) is 62.2 Å². The SMILES string of the molecule is CCN(CC)C(=O)COc1ccc(NC(=O)CC2COCCN2)cc1Cl. The Kier molecular flexibility index (Phi) is 8.15. The molecule has 1 unspecified atom stereocenters. The van der Waals surface area contributed by atoms with E-state index in [-0.39, 0.29) is 24.5 Å². The van der Waals surface area contributed by atoms with Gasteiger partial charge in [-0.3, -0.25) is 9.59 Å². The average Bonchev–Trinajstić information content (AvgIpc) is 2.63. The molecule has 26 heavy (non-hydrogen) atoms. The van der Waals surface area contributed by atoms with E-state index in [0.29, 0.717) is 49.2 Å². The van der Waals surface area contributed by atoms with Gasteiger partial charge >= 0.3 is 0 Å². The molecule has 8 heteroatoms. The molecule has 0 aromatic heterocycles. The molecule has 0 bridgehead atoms. The normalized spacial score (nSPS) is 16.8. The Morgan fingerprint density at radius 2 is 2.15 bits per heavy atom. The zero-order valence-electron chi connectivity index (χ0n) is 15.2. The van der Waals surface area contributed by atoms with Crippen molar-refractivity contribution < 1.29 is 19.1 Å². The maximum Gasteiger partial charge on any atom is 0.260 e. The molecule has 0 aliphatic carbocycles. The largest absolute Gasteiger partial charge is 0.482 e. The Bertz CT molecular complexity index is 616. The number of nitrogens with one attached hydrogen (secondary N) is 2. The maximum absolute atomic E-state index is 12.1. The van der Waals surface area contributed by atoms with Crippen LogP contribution in [0.25, 0.3) is 0 Å². The molecule has 1 heterocycles. The summed E-state index contributed by atoms with van der Waals surface area (Å²) in [6, 6.07) is 4.98. The number of ether oxygens (including phenoxy) is 2. The Hall–Kier alpha value is -1.83. The first-order chi connectivity index (χ1) is 12.5. The molecule has 7 nitrogen and oxygen atoms in total. The molecule has 1 saturated heterocycles. The molecule has 1 aromatic rings. The number of morpholine rings is 1. The van der Waals surface area contributed by atoms with Crippen molar-refractivity contribution in [1.29, 1.82) is 0 Å². The van der Waals surface area contributed by atoms with Gasteiger partial charge in [0.1, 0.15) is 5.75 Å². The van der Waals surface area contributed by atoms with Crippen LogP contribution in [0.5, 0.6) is 5.75 Å². The number of hydrogen-bond acceptors (Lipinski definition) is 5. The van der Waals surface area contributed by atoms with E-state index in [2.05, 4.69) is 10.6 Å². The summed E-state index contributed by atoms with van der Waals surface area (Å²) in [7, 11) is 0. The summed E-state index contributed by atoms with van der Waals surface area (Å²) >= 11 is 6.20. The van der Waals surface area contributed by atoms with Gasteiger partial charge in [-0.15, -0.1) is 0 Å². The predicted octanol–water partition coefficient (Wildman–Crippen LogP) is 1.90. The highest BCUT2D eigenvalue weighted by atomic mass is 35.5. The second kappa shape index (κ2) is 10.4. The first kappa shape index (κ1) is 20.5. The van der Waals surface area contributed by atoms with Gasteiger partial charge in [-0.2, -0.15) is 0 Å². The van der Waals surface area contributed by atoms with Crippen LogP contribution >= 0.6 is 11.6 Å². The van der Waals surface area contributed by atoms with Crippen LogP contribution in [0.15, 0.2) is 18.2 Å². The number of amides is 2. The summed E-state index contributed by atoms with van der Waals surface area (Å²) in [5.41, 5.74) is 0.583. The van der Waals surface area contributed by atoms with Crippen molar-refractivity contribution in [1.82, 2.24) is 10.2 Å². The number of carbonyl (C=O) groups is 2. The van der Waals surface area contributed by atoms with Gasteiger partial charge in [0.15, 0.2) is 6.61 Å². The Balaban J connectivity index is 1.85. The fraction of sp³-hybridized carbons (Fsp3) is 0.556. The quantitative estimate of drug-likeness (QED) is 0.716. The third-order valence-electron chi connectivity index (χ3n) is 4.11. The fourth-order valence-electron chi connectivity index (χ4n) is 2.69. The molecule has 144 valence electrons. The number of nitrogens with zero attached hydrogens (tertiary/aromatic N) is 1. The van der Waals surface area contributed by atoms with Gasteiger partial charge < -0.3 is 25.0 Å². The van der Waals surface area contributed by atoms with Crippen molar-refractivity contribution in [2.75, 3.05) is 44.8 Å². The van der Waals surface area contributed by atoms with Gasteiger partial charge in [0, 0.05) is 37.8 Å². The van der Waals surface area contributed by atoms with Crippen molar-refractivity contribution in [3.05, 3.63) is 23.2 Å². The summed E-state index contributed by atoms with van der Waals surface area (Å²) in [6.07, 6.45) is 0.328. The zero-order valence-corrected chi connectivity index (χ0v) is 16.0. The molecule has 1 aromatic carbocycles. The summed E-state index contributed by atoms with van der Waals surface area (Å²) < 4.78 is 10.8. The first-order valence-corrected chi connectivity index (χ1v) is 9.22. The van der Waals surface area contributed by atoms with Crippen LogP contribution in [0.2, 0.25) is 5.02 Å². The highest BCUT2D eigenvalue weighted by Gasteiger charge is 2.17. The summed E-state index contributed by atoms with van der Waals surface area (Å²) in [5.74, 6) is 0.201. The number of anilines is 1. The lowest BCUT2D eigenvalue weighted by Crippen LogP contribution is -2.43. The van der Waals surface area contributed by atoms with Crippen LogP contribution in [0, 0.1) is 0 Å². The molecule has 1 fully saturated rings. The monoisotopic (exact) mass is 383 g/mol. The standard InChI is InChI=1S/C18H26ClN3O4/c1-3-22(4-2)18(24)12-26-16-6-5-13(9-15(16)19)21-17(23)10-14-11-25-8-7-20-14/h5-6,9,14,20H,3-4,7-8,10-12H2,1-2H3,(H,21,23). The van der Waals surface area contributed by atoms with Crippen molar-refractivity contribution >= 4 is 29.1 Å². The molecule has 1 atom stereocenters. The highest BCUT2D eigenvalue weighted by Crippen LogP contribution is 2.27. The number of halogens is 1. The van der Waals surface area contributed by atoms with Crippen molar-refractivity contribution in [3.63, 3.8) is 0 Å². The molecular weight excluding hydrogens is 358 g/mol. The molecule has 0 saturated carbocycles. The molecule has 2 amide bonds. The van der Waals surface area contributed by atoms with Crippen LogP contribution in [0.1, 0.15) is 20.3 Å². The van der Waals surface area contributed by atoms with Crippen molar-refractivity contribution in [2.45, 2.75) is 26.3 Å². The van der Waals surface area contributed by atoms with Gasteiger partial charge in [-0.25, -0.2) is 0 Å². The van der Waals surface area contributed by atoms with Gasteiger partial charge in [-0.1, -0.05) is 11.6 Å². The van der Waals surface area contributed by atoms with Crippen molar-refractivity contribution in [2.24, 2.45) is 0 Å². The maximum atomic E-state index is 12.1. The molecule has 2 N–H and O–H groups in total. The Labute approximate surface area is 159 Å². The Morgan fingerprint density at radius 1 is 1.38 bits per heavy atom. The fourth-order valence-corrected chi connectivity index (χ4v) is 2.92. The van der Waals surface area contributed by atoms with E-state index in [1.54, 1.807) is 23.1 Å². The predicted molar refractivity (Wildman–Crippen MR) is 101 cm³/mol. The summed E-state index contributed by atoms with van der Waals surface area (Å²) in [4.78, 5) is 25.8. The van der Waals surface area contributed by atoms with Gasteiger partial charge in [0.25, 0.3) is 5.91 Å². The lowest BCUT2D eigenvalue weighted by atomic mass is 10.2. The van der Waals surface area contributed by atoms with Crippen molar-refractivity contribution in [3.8, 4) is 5.75 Å². The number of benzene rings is 1. The van der Waals surface area contributed by atoms with Crippen LogP contribution in [-0.2, 0) is 14.3 Å². The second-order valence-corrected chi connectivity index (χ2v) is 6.39. The van der Waals surface area contributed by atoms with E-state index in [0.717, 1.165) is 6.54 Å². The number of carbonyl (C=O) groups excluding carboxylic acids is 2. The lowest BCUT2D eigenvalue weighted by molar-refractivity contribution is -0.133. The van der Waals surface area contributed by atoms with Crippen LogP contribution < -0.4 is 15.4 Å². The number of likely N-dealkylation sites (N-methyl/N-ethyl adjacent to an activating group) is 1. The second-order valence-electron chi connectivity index (χ2n) is 5.98. The number of rotatable bonds is 8. The zero-order chi connectivity index (χ0) is 18.9. The molecule has 0 radical (unpaired) electrons. The molecule has 2 rings (SSSR count). The van der Waals surface area contributed by atoms with E-state index in [1.165, 1.54) is 0 Å². The first-order valence-electron chi connectivity index (χ1n) is 8.84. The molecular formula is C18H26ClN3O4. The van der Waals surface area contributed by atoms with Gasteiger partial charge in [0.05, 0.1) is 18.2 Å². The van der Waals surface area contributed by atoms with E-state index >= 15 is 0 Å². The minimum absolute atomic E-state index is 0.0212.